The number of carbonyl (C=O) groups excluding carboxylic acids is 1. The lowest BCUT2D eigenvalue weighted by molar-refractivity contribution is -0.122. The number of aromatic nitrogens is 18. The summed E-state index contributed by atoms with van der Waals surface area (Å²) < 4.78 is 179. The van der Waals surface area contributed by atoms with E-state index in [2.05, 4.69) is 59.8 Å². The molecule has 0 amide bonds. The number of ketones is 1. The van der Waals surface area contributed by atoms with Gasteiger partial charge in [0.05, 0.1) is 51.9 Å². The summed E-state index contributed by atoms with van der Waals surface area (Å²) in [5.41, 5.74) is 12.3. The van der Waals surface area contributed by atoms with Crippen LogP contribution in [-0.4, -0.2) is 286 Å². The summed E-state index contributed by atoms with van der Waals surface area (Å²) in [6, 6.07) is 20.7. The number of aryl methyl sites for hydroxylation is 6. The van der Waals surface area contributed by atoms with Gasteiger partial charge >= 0.3 is 0 Å². The molecule has 12 aromatic heterocycles. The van der Waals surface area contributed by atoms with E-state index in [0.717, 1.165) is 110 Å². The van der Waals surface area contributed by atoms with Crippen LogP contribution in [0.5, 0.6) is 0 Å². The molecule has 18 heterocycles. The van der Waals surface area contributed by atoms with E-state index in [4.69, 9.17) is 34.2 Å². The summed E-state index contributed by atoms with van der Waals surface area (Å²) in [6.07, 6.45) is -15.5. The molecule has 6 aliphatic rings. The number of benzene rings is 4. The van der Waals surface area contributed by atoms with Crippen molar-refractivity contribution in [1.29, 1.82) is 0 Å². The van der Waals surface area contributed by atoms with Gasteiger partial charge in [0.2, 0.25) is 0 Å². The second kappa shape index (κ2) is 43.4. The van der Waals surface area contributed by atoms with Gasteiger partial charge in [-0.1, -0.05) is 18.2 Å². The van der Waals surface area contributed by atoms with E-state index in [1.807, 2.05) is 32.9 Å². The molecule has 0 saturated carbocycles. The number of hydrogen-bond donors (Lipinski definition) is 15. The fourth-order valence-electron chi connectivity index (χ4n) is 18.7. The quantitative estimate of drug-likeness (QED) is 0.0330. The Hall–Kier alpha value is -13.3. The van der Waals surface area contributed by atoms with Crippen LogP contribution < -0.4 is 5.73 Å². The van der Waals surface area contributed by atoms with Crippen LogP contribution in [0.4, 0.5) is 43.9 Å². The number of alkyl halides is 2. The Morgan fingerprint density at radius 3 is 0.852 bits per heavy atom. The second-order valence-corrected chi connectivity index (χ2v) is 37.0. The number of ether oxygens (including phenoxy) is 6. The van der Waals surface area contributed by atoms with Gasteiger partial charge in [-0.15, -0.1) is 0 Å². The number of aliphatic hydroxyl groups is 14. The zero-order chi connectivity index (χ0) is 107. The van der Waals surface area contributed by atoms with Crippen LogP contribution in [0.25, 0.3) is 66.2 Å². The maximum absolute atomic E-state index is 14.8. The van der Waals surface area contributed by atoms with Crippen LogP contribution in [0.2, 0.25) is 0 Å². The Morgan fingerprint density at radius 1 is 0.315 bits per heavy atom. The lowest BCUT2D eigenvalue weighted by Crippen LogP contribution is -2.44. The average molecular weight is 2080 g/mol. The number of fused-ring (bicyclic) bond motifs is 6. The predicted octanol–water partition coefficient (Wildman–Crippen LogP) is 7.42. The summed E-state index contributed by atoms with van der Waals surface area (Å²) >= 11 is 0. The monoisotopic (exact) mass is 2080 g/mol. The van der Waals surface area contributed by atoms with Crippen LogP contribution in [0.1, 0.15) is 138 Å². The van der Waals surface area contributed by atoms with E-state index < -0.39 is 230 Å². The molecule has 16 aromatic rings. The van der Waals surface area contributed by atoms with Crippen molar-refractivity contribution in [3.8, 4) is 0 Å². The highest BCUT2D eigenvalue weighted by Crippen LogP contribution is 2.46. The van der Waals surface area contributed by atoms with Crippen LogP contribution in [0.15, 0.2) is 184 Å². The number of nitrogens with two attached hydrogens (primary N) is 1. The molecule has 0 aliphatic carbocycles. The first kappa shape index (κ1) is 107. The molecule has 788 valence electrons. The largest absolute Gasteiger partial charge is 0.391 e. The maximum atomic E-state index is 14.8. The highest BCUT2D eigenvalue weighted by molar-refractivity contribution is 6.00. The Balaban J connectivity index is 0.000000122. The molecular weight excluding hydrogens is 1980 g/mol. The number of carbonyl (C=O) groups is 1. The fraction of sp³-hybridized carbons (Fsp3) is 0.384. The predicted molar refractivity (Wildman–Crippen MR) is 501 cm³/mol. The SMILES string of the molecule is Cc1ncnc2c1ccn2C1OC(C(=O)c2ccc(F)c(F)c2)C(O)C1O.Cc1ncnc2c1ccn2C1OC(C(C)(C)O)C(O)C1O.Cc1ncnc2c1ccn2C1OC(C(C)O)C(O)C1O.Cc1ncnc2c1ccn2C1OC(C(F)c2ccc(F)c(F)c2)C(O)C1O.Cc1ncnc2c1ccn2C1OC(C(F)c2ccc(F)c(F)c2)C(O)C1O.Cc1ncnc2c1ccn2C1OC(C(N)c2ccc(F)c(F)c2)C(O)C1O. The number of Topliss-reactive ketones (excluding diaryl/α,β-unsaturated/α-hetero) is 1. The van der Waals surface area contributed by atoms with Crippen molar-refractivity contribution in [2.45, 2.75) is 240 Å². The number of hydrogen-bond acceptors (Lipinski definition) is 34. The molecule has 40 nitrogen and oxygen atoms in total. The summed E-state index contributed by atoms with van der Waals surface area (Å²) in [5.74, 6) is -9.70. The third-order valence-corrected chi connectivity index (χ3v) is 26.9. The van der Waals surface area contributed by atoms with Crippen molar-refractivity contribution < 1.29 is 149 Å². The van der Waals surface area contributed by atoms with Crippen LogP contribution in [-0.2, 0) is 28.4 Å². The number of halogens is 10. The van der Waals surface area contributed by atoms with Crippen molar-refractivity contribution in [2.24, 2.45) is 5.73 Å². The molecule has 50 heteroatoms. The normalized spacial score (nSPS) is 27.6. The van der Waals surface area contributed by atoms with Gasteiger partial charge in [-0.25, -0.2) is 104 Å². The van der Waals surface area contributed by atoms with Crippen molar-refractivity contribution in [1.82, 2.24) is 87.2 Å². The standard InChI is InChI=1S/2C18H16F3N3O3.C18H18F2N4O3.C18H15F2N3O4.C14H19N3O4.C13H17N3O4/c3*1-8-10-4-5-24(17(10)23-7-22-8)18-15(26)14(25)16(27-18)13(21)9-2-3-11(19)12(20)6-9;1-8-10-4-5-23(17(10)22-7-21-8)18-15(26)14(25)16(27-18)13(24)9-2-3-11(19)12(20)6-9;1-7-8-4-5-17(12(8)16-6-15-7)13-10(19)9(18)11(21-13)14(2,3)20;1-6-8-3-4-16(12(8)15-5-14-6)13-10(19)9(18)11(20-13)7(2)17/h2*2-7,13-16,18,25-26H,1H3;2-7,13-16,18,25-26H,21H2,1H3;2-7,14-16,18,25-26H,1H3;4-6,9-11,13,18-20H,1-3H3;3-5,7,9-11,13,17-19H,1-2H3. The first-order valence-electron chi connectivity index (χ1n) is 46.4. The second-order valence-electron chi connectivity index (χ2n) is 37.0. The summed E-state index contributed by atoms with van der Waals surface area (Å²) in [6.45, 7) is 15.5. The number of rotatable bonds is 16. The summed E-state index contributed by atoms with van der Waals surface area (Å²) in [5, 5.41) is 148. The molecule has 0 radical (unpaired) electrons. The van der Waals surface area contributed by atoms with Gasteiger partial charge in [0.25, 0.3) is 0 Å². The van der Waals surface area contributed by atoms with Gasteiger partial charge in [0, 0.05) is 75.1 Å². The Bertz CT molecular complexity index is 7180. The van der Waals surface area contributed by atoms with E-state index in [1.54, 1.807) is 95.9 Å². The van der Waals surface area contributed by atoms with Gasteiger partial charge < -0.3 is 133 Å². The maximum Gasteiger partial charge on any atom is 0.194 e. The average Bonchev–Trinajstić information content (AvgIpc) is 1.65. The van der Waals surface area contributed by atoms with Crippen LogP contribution in [0.3, 0.4) is 0 Å². The topological polar surface area (TPSA) is 566 Å². The molecule has 28 unspecified atom stereocenters. The highest BCUT2D eigenvalue weighted by atomic mass is 19.2. The molecule has 22 rings (SSSR count). The highest BCUT2D eigenvalue weighted by Gasteiger charge is 2.55. The van der Waals surface area contributed by atoms with Crippen molar-refractivity contribution in [3.63, 3.8) is 0 Å². The van der Waals surface area contributed by atoms with Crippen LogP contribution >= 0.6 is 0 Å². The first-order chi connectivity index (χ1) is 70.8. The molecule has 28 atom stereocenters. The molecule has 4 aromatic carbocycles. The van der Waals surface area contributed by atoms with Crippen LogP contribution in [0, 0.1) is 88.1 Å². The van der Waals surface area contributed by atoms with Crippen molar-refractivity contribution >= 4 is 72.0 Å². The third-order valence-electron chi connectivity index (χ3n) is 26.9. The lowest BCUT2D eigenvalue weighted by Gasteiger charge is -2.27. The van der Waals surface area contributed by atoms with Gasteiger partial charge in [0.15, 0.2) is 108 Å². The Morgan fingerprint density at radius 2 is 0.564 bits per heavy atom. The molecule has 0 bridgehead atoms. The Labute approximate surface area is 836 Å². The summed E-state index contributed by atoms with van der Waals surface area (Å²) in [7, 11) is 0. The number of nitrogens with zero attached hydrogens (tertiary/aromatic N) is 18. The lowest BCUT2D eigenvalue weighted by atomic mass is 9.96. The van der Waals surface area contributed by atoms with E-state index in [0.29, 0.717) is 57.4 Å². The minimum absolute atomic E-state index is 0.165. The minimum Gasteiger partial charge on any atom is -0.391 e. The third kappa shape index (κ3) is 20.7. The molecule has 16 N–H and O–H groups in total. The Kier molecular flexibility index (Phi) is 31.1. The van der Waals surface area contributed by atoms with Crippen molar-refractivity contribution in [2.75, 3.05) is 0 Å². The van der Waals surface area contributed by atoms with E-state index in [1.165, 1.54) is 78.5 Å². The zero-order valence-electron chi connectivity index (χ0n) is 80.0. The summed E-state index contributed by atoms with van der Waals surface area (Å²) in [4.78, 5) is 62.2. The number of aliphatic hydroxyl groups excluding tert-OH is 13. The molecule has 6 fully saturated rings. The molecule has 0 spiro atoms. The van der Waals surface area contributed by atoms with E-state index in [-0.39, 0.29) is 22.3 Å². The van der Waals surface area contributed by atoms with Gasteiger partial charge in [-0.05, 0) is 170 Å². The molecule has 6 saturated heterocycles. The zero-order valence-corrected chi connectivity index (χ0v) is 80.0. The first-order valence-corrected chi connectivity index (χ1v) is 46.4. The molecular formula is C99H101F10N19O21. The fourth-order valence-corrected chi connectivity index (χ4v) is 18.7. The van der Waals surface area contributed by atoms with E-state index >= 15 is 0 Å². The van der Waals surface area contributed by atoms with Gasteiger partial charge in [0.1, 0.15) is 176 Å². The van der Waals surface area contributed by atoms with Gasteiger partial charge in [-0.2, -0.15) is 0 Å². The minimum atomic E-state index is -1.96. The smallest absolute Gasteiger partial charge is 0.194 e. The molecule has 149 heavy (non-hydrogen) atoms. The van der Waals surface area contributed by atoms with Crippen molar-refractivity contribution in [3.05, 3.63) is 287 Å². The molecule has 6 aliphatic heterocycles. The van der Waals surface area contributed by atoms with Gasteiger partial charge in [-0.3, -0.25) is 4.79 Å². The van der Waals surface area contributed by atoms with E-state index in [9.17, 15) is 120 Å².